The van der Waals surface area contributed by atoms with E-state index in [9.17, 15) is 4.79 Å². The average molecular weight is 432 g/mol. The van der Waals surface area contributed by atoms with Gasteiger partial charge in [0.2, 0.25) is 5.91 Å². The lowest BCUT2D eigenvalue weighted by atomic mass is 9.89. The molecule has 2 aromatic carbocycles. The number of hydrogen-bond acceptors (Lipinski definition) is 4. The molecule has 1 saturated heterocycles. The lowest BCUT2D eigenvalue weighted by Crippen LogP contribution is -2.36. The van der Waals surface area contributed by atoms with Gasteiger partial charge in [0.05, 0.1) is 13.2 Å². The zero-order valence-corrected chi connectivity index (χ0v) is 18.6. The first-order chi connectivity index (χ1) is 14.2. The van der Waals surface area contributed by atoms with Crippen molar-refractivity contribution in [1.82, 2.24) is 10.2 Å². The summed E-state index contributed by atoms with van der Waals surface area (Å²) in [6.45, 7) is 6.76. The highest BCUT2D eigenvalue weighted by Gasteiger charge is 2.33. The van der Waals surface area contributed by atoms with Crippen LogP contribution in [0.2, 0.25) is 0 Å². The first-order valence-electron chi connectivity index (χ1n) is 10.6. The minimum atomic E-state index is 0. The van der Waals surface area contributed by atoms with Crippen molar-refractivity contribution in [2.45, 2.75) is 32.4 Å². The van der Waals surface area contributed by atoms with Gasteiger partial charge in [-0.05, 0) is 35.6 Å². The van der Waals surface area contributed by atoms with Crippen molar-refractivity contribution < 1.29 is 9.53 Å². The number of carbonyl (C=O) groups is 1. The largest absolute Gasteiger partial charge is 0.377 e. The Morgan fingerprint density at radius 1 is 1.10 bits per heavy atom. The highest BCUT2D eigenvalue weighted by molar-refractivity contribution is 5.85. The van der Waals surface area contributed by atoms with Crippen molar-refractivity contribution in [3.05, 3.63) is 71.3 Å². The van der Waals surface area contributed by atoms with Gasteiger partial charge in [-0.25, -0.2) is 0 Å². The van der Waals surface area contributed by atoms with E-state index in [-0.39, 0.29) is 18.3 Å². The molecule has 1 fully saturated rings. The van der Waals surface area contributed by atoms with Gasteiger partial charge in [0.15, 0.2) is 0 Å². The van der Waals surface area contributed by atoms with Crippen LogP contribution in [-0.2, 0) is 22.7 Å². The van der Waals surface area contributed by atoms with Crippen LogP contribution >= 0.6 is 12.4 Å². The zero-order chi connectivity index (χ0) is 20.5. The minimum Gasteiger partial charge on any atom is -0.377 e. The van der Waals surface area contributed by atoms with Crippen LogP contribution in [0.25, 0.3) is 0 Å². The summed E-state index contributed by atoms with van der Waals surface area (Å²) in [7, 11) is 0. The maximum absolute atomic E-state index is 12.6. The minimum absolute atomic E-state index is 0. The van der Waals surface area contributed by atoms with Gasteiger partial charge in [-0.15, -0.1) is 12.4 Å². The van der Waals surface area contributed by atoms with Gasteiger partial charge in [0.25, 0.3) is 0 Å². The highest BCUT2D eigenvalue weighted by atomic mass is 35.5. The molecule has 0 aromatic heterocycles. The Hall–Kier alpha value is -1.92. The predicted octanol–water partition coefficient (Wildman–Crippen LogP) is 3.33. The molecule has 6 heteroatoms. The van der Waals surface area contributed by atoms with Crippen LogP contribution < -0.4 is 11.1 Å². The molecule has 0 aliphatic carbocycles. The number of nitrogens with zero attached hydrogens (tertiary/aromatic N) is 1. The molecule has 0 bridgehead atoms. The quantitative estimate of drug-likeness (QED) is 0.566. The van der Waals surface area contributed by atoms with E-state index in [0.717, 1.165) is 37.2 Å². The molecular weight excluding hydrogens is 398 g/mol. The zero-order valence-electron chi connectivity index (χ0n) is 17.8. The molecule has 3 N–H and O–H groups in total. The Morgan fingerprint density at radius 2 is 1.80 bits per heavy atom. The van der Waals surface area contributed by atoms with Crippen LogP contribution in [0.5, 0.6) is 0 Å². The number of benzene rings is 2. The van der Waals surface area contributed by atoms with Crippen molar-refractivity contribution in [2.75, 3.05) is 32.8 Å². The maximum atomic E-state index is 12.6. The van der Waals surface area contributed by atoms with Gasteiger partial charge in [-0.3, -0.25) is 9.69 Å². The number of hydrogen-bond donors (Lipinski definition) is 2. The first-order valence-corrected chi connectivity index (χ1v) is 10.6. The van der Waals surface area contributed by atoms with E-state index < -0.39 is 0 Å². The summed E-state index contributed by atoms with van der Waals surface area (Å²) in [5.41, 5.74) is 9.57. The lowest BCUT2D eigenvalue weighted by Gasteiger charge is -2.17. The molecule has 1 heterocycles. The molecule has 30 heavy (non-hydrogen) atoms. The third kappa shape index (κ3) is 6.81. The SMILES string of the molecule is CCCOCc1ccccc1CNC(=O)CN1C[C@@H](CN)[C@H](c2ccccc2)C1.Cl. The number of carbonyl (C=O) groups excluding carboxylic acids is 1. The number of rotatable bonds is 10. The molecule has 2 aromatic rings. The van der Waals surface area contributed by atoms with Crippen LogP contribution in [0.3, 0.4) is 0 Å². The second-order valence-electron chi connectivity index (χ2n) is 7.81. The standard InChI is InChI=1S/C24H33N3O2.ClH/c1-2-12-29-18-21-11-7-6-10-20(21)14-26-24(28)17-27-15-22(13-25)23(16-27)19-8-4-3-5-9-19;/h3-11,22-23H,2,12-18,25H2,1H3,(H,26,28);1H/t22-,23+;/m1./s1. The predicted molar refractivity (Wildman–Crippen MR) is 124 cm³/mol. The van der Waals surface area contributed by atoms with Crippen LogP contribution in [0.15, 0.2) is 54.6 Å². The summed E-state index contributed by atoms with van der Waals surface area (Å²) in [6, 6.07) is 18.6. The fourth-order valence-electron chi connectivity index (χ4n) is 4.06. The summed E-state index contributed by atoms with van der Waals surface area (Å²) < 4.78 is 5.67. The van der Waals surface area contributed by atoms with E-state index in [1.54, 1.807) is 0 Å². The number of halogens is 1. The second-order valence-corrected chi connectivity index (χ2v) is 7.81. The average Bonchev–Trinajstić information content (AvgIpc) is 3.16. The Labute approximate surface area is 186 Å². The Kier molecular flexibility index (Phi) is 10.3. The molecule has 1 aliphatic rings. The second kappa shape index (κ2) is 12.7. The monoisotopic (exact) mass is 431 g/mol. The van der Waals surface area contributed by atoms with Gasteiger partial charge in [-0.2, -0.15) is 0 Å². The first kappa shape index (κ1) is 24.4. The van der Waals surface area contributed by atoms with Crippen molar-refractivity contribution in [2.24, 2.45) is 11.7 Å². The molecule has 3 rings (SSSR count). The number of ether oxygens (including phenoxy) is 1. The Bertz CT molecular complexity index is 772. The molecule has 2 atom stereocenters. The summed E-state index contributed by atoms with van der Waals surface area (Å²) in [4.78, 5) is 14.8. The van der Waals surface area contributed by atoms with E-state index in [1.807, 2.05) is 18.2 Å². The van der Waals surface area contributed by atoms with Crippen LogP contribution in [-0.4, -0.2) is 43.6 Å². The normalized spacial score (nSPS) is 18.7. The van der Waals surface area contributed by atoms with Gasteiger partial charge >= 0.3 is 0 Å². The molecule has 1 amide bonds. The summed E-state index contributed by atoms with van der Waals surface area (Å²) >= 11 is 0. The van der Waals surface area contributed by atoms with E-state index in [4.69, 9.17) is 10.5 Å². The van der Waals surface area contributed by atoms with E-state index >= 15 is 0 Å². The Balaban J connectivity index is 0.00000320. The van der Waals surface area contributed by atoms with Gasteiger partial charge in [0, 0.05) is 32.2 Å². The third-order valence-corrected chi connectivity index (χ3v) is 5.61. The van der Waals surface area contributed by atoms with Crippen molar-refractivity contribution in [3.8, 4) is 0 Å². The van der Waals surface area contributed by atoms with Crippen LogP contribution in [0.1, 0.15) is 36.0 Å². The Morgan fingerprint density at radius 3 is 2.50 bits per heavy atom. The van der Waals surface area contributed by atoms with E-state index in [1.165, 1.54) is 5.56 Å². The number of likely N-dealkylation sites (tertiary alicyclic amines) is 1. The number of nitrogens with one attached hydrogen (secondary N) is 1. The van der Waals surface area contributed by atoms with Crippen molar-refractivity contribution in [1.29, 1.82) is 0 Å². The molecular formula is C24H34ClN3O2. The molecule has 0 unspecified atom stereocenters. The molecule has 0 spiro atoms. The maximum Gasteiger partial charge on any atom is 0.234 e. The van der Waals surface area contributed by atoms with E-state index in [2.05, 4.69) is 53.5 Å². The van der Waals surface area contributed by atoms with Gasteiger partial charge in [-0.1, -0.05) is 61.5 Å². The van der Waals surface area contributed by atoms with Gasteiger partial charge in [0.1, 0.15) is 0 Å². The summed E-state index contributed by atoms with van der Waals surface area (Å²) in [5, 5.41) is 3.08. The number of nitrogens with two attached hydrogens (primary N) is 1. The lowest BCUT2D eigenvalue weighted by molar-refractivity contribution is -0.122. The molecule has 5 nitrogen and oxygen atoms in total. The van der Waals surface area contributed by atoms with Gasteiger partial charge < -0.3 is 15.8 Å². The highest BCUT2D eigenvalue weighted by Crippen LogP contribution is 2.31. The van der Waals surface area contributed by atoms with Crippen LogP contribution in [0, 0.1) is 5.92 Å². The topological polar surface area (TPSA) is 67.6 Å². The fraction of sp³-hybridized carbons (Fsp3) is 0.458. The summed E-state index contributed by atoms with van der Waals surface area (Å²) in [6.07, 6.45) is 1.00. The van der Waals surface area contributed by atoms with Crippen molar-refractivity contribution >= 4 is 18.3 Å². The number of amides is 1. The molecule has 1 aliphatic heterocycles. The van der Waals surface area contributed by atoms with Crippen molar-refractivity contribution in [3.63, 3.8) is 0 Å². The third-order valence-electron chi connectivity index (χ3n) is 5.61. The summed E-state index contributed by atoms with van der Waals surface area (Å²) in [5.74, 6) is 0.839. The molecule has 0 radical (unpaired) electrons. The molecule has 164 valence electrons. The van der Waals surface area contributed by atoms with E-state index in [0.29, 0.717) is 38.1 Å². The fourth-order valence-corrected chi connectivity index (χ4v) is 4.06. The molecule has 0 saturated carbocycles. The van der Waals surface area contributed by atoms with Crippen LogP contribution in [0.4, 0.5) is 0 Å². The smallest absolute Gasteiger partial charge is 0.234 e.